The van der Waals surface area contributed by atoms with Gasteiger partial charge in [-0.25, -0.2) is 4.98 Å². The molecule has 0 amide bonds. The summed E-state index contributed by atoms with van der Waals surface area (Å²) in [5.41, 5.74) is 6.99. The largest absolute Gasteiger partial charge is 0.480 e. The average molecular weight is 250 g/mol. The van der Waals surface area contributed by atoms with Gasteiger partial charge in [0.1, 0.15) is 6.04 Å². The Morgan fingerprint density at radius 1 is 1.47 bits per heavy atom. The first kappa shape index (κ1) is 12.0. The lowest BCUT2D eigenvalue weighted by molar-refractivity contribution is -0.138. The van der Waals surface area contributed by atoms with Gasteiger partial charge in [0.05, 0.1) is 15.2 Å². The van der Waals surface area contributed by atoms with Crippen molar-refractivity contribution < 1.29 is 9.90 Å². The number of nitrogens with zero attached hydrogens (tertiary/aromatic N) is 1. The van der Waals surface area contributed by atoms with Crippen LogP contribution < -0.4 is 5.73 Å². The fourth-order valence-corrected chi connectivity index (χ4v) is 2.50. The van der Waals surface area contributed by atoms with E-state index in [1.54, 1.807) is 23.5 Å². The number of nitrogens with two attached hydrogens (primary N) is 1. The van der Waals surface area contributed by atoms with E-state index in [0.717, 1.165) is 15.2 Å². The number of hydrogen-bond donors (Lipinski definition) is 2. The quantitative estimate of drug-likeness (QED) is 0.877. The molecule has 3 N–H and O–H groups in total. The Hall–Kier alpha value is -1.46. The molecule has 2 aromatic rings. The van der Waals surface area contributed by atoms with Crippen LogP contribution in [-0.4, -0.2) is 16.1 Å². The van der Waals surface area contributed by atoms with Crippen molar-refractivity contribution in [3.8, 4) is 0 Å². The van der Waals surface area contributed by atoms with E-state index in [1.165, 1.54) is 0 Å². The zero-order valence-electron chi connectivity index (χ0n) is 9.68. The number of hydrogen-bond acceptors (Lipinski definition) is 4. The topological polar surface area (TPSA) is 76.2 Å². The van der Waals surface area contributed by atoms with Gasteiger partial charge in [-0.15, -0.1) is 11.3 Å². The van der Waals surface area contributed by atoms with Crippen molar-refractivity contribution in [3.05, 3.63) is 28.8 Å². The number of carbonyl (C=O) groups is 1. The molecule has 2 rings (SSSR count). The van der Waals surface area contributed by atoms with Crippen LogP contribution in [0, 0.1) is 0 Å². The predicted octanol–water partition coefficient (Wildman–Crippen LogP) is 2.50. The number of aliphatic carboxylic acids is 1. The summed E-state index contributed by atoms with van der Waals surface area (Å²) in [6, 6.07) is 4.42. The molecule has 0 radical (unpaired) electrons. The molecule has 17 heavy (non-hydrogen) atoms. The van der Waals surface area contributed by atoms with Crippen molar-refractivity contribution in [3.63, 3.8) is 0 Å². The molecule has 1 heterocycles. The first-order chi connectivity index (χ1) is 7.99. The van der Waals surface area contributed by atoms with Gasteiger partial charge < -0.3 is 10.8 Å². The smallest absolute Gasteiger partial charge is 0.325 e. The molecule has 0 aliphatic heterocycles. The maximum Gasteiger partial charge on any atom is 0.325 e. The molecule has 5 heteroatoms. The van der Waals surface area contributed by atoms with Gasteiger partial charge in [0.2, 0.25) is 0 Å². The lowest BCUT2D eigenvalue weighted by Gasteiger charge is -2.05. The molecular weight excluding hydrogens is 236 g/mol. The SMILES string of the molecule is CC(C)c1nc2cc(C(N)C(=O)O)ccc2s1. The Balaban J connectivity index is 2.46. The molecule has 1 unspecified atom stereocenters. The minimum atomic E-state index is -1.02. The minimum absolute atomic E-state index is 0.379. The second-order valence-corrected chi connectivity index (χ2v) is 5.31. The van der Waals surface area contributed by atoms with Crippen molar-refractivity contribution in [2.75, 3.05) is 0 Å². The number of aromatic nitrogens is 1. The highest BCUT2D eigenvalue weighted by molar-refractivity contribution is 7.18. The predicted molar refractivity (Wildman–Crippen MR) is 68.3 cm³/mol. The lowest BCUT2D eigenvalue weighted by atomic mass is 10.1. The molecule has 1 aromatic heterocycles. The summed E-state index contributed by atoms with van der Waals surface area (Å²) in [7, 11) is 0. The number of carboxylic acid groups (broad SMARTS) is 1. The monoisotopic (exact) mass is 250 g/mol. The molecule has 90 valence electrons. The van der Waals surface area contributed by atoms with Gasteiger partial charge >= 0.3 is 5.97 Å². The summed E-state index contributed by atoms with van der Waals surface area (Å²) in [4.78, 5) is 15.3. The Labute approximate surface area is 103 Å². The van der Waals surface area contributed by atoms with E-state index in [9.17, 15) is 4.79 Å². The van der Waals surface area contributed by atoms with Crippen LogP contribution in [0.5, 0.6) is 0 Å². The zero-order chi connectivity index (χ0) is 12.6. The summed E-state index contributed by atoms with van der Waals surface area (Å²) in [6.45, 7) is 4.17. The second kappa shape index (κ2) is 4.43. The molecular formula is C12H14N2O2S. The molecule has 0 aliphatic carbocycles. The fourth-order valence-electron chi connectivity index (χ4n) is 1.55. The van der Waals surface area contributed by atoms with Crippen LogP contribution in [0.4, 0.5) is 0 Å². The minimum Gasteiger partial charge on any atom is -0.480 e. The number of fused-ring (bicyclic) bond motifs is 1. The molecule has 0 saturated heterocycles. The number of thiazole rings is 1. The summed E-state index contributed by atoms with van der Waals surface area (Å²) in [5, 5.41) is 9.91. The Morgan fingerprint density at radius 3 is 2.76 bits per heavy atom. The van der Waals surface area contributed by atoms with Gasteiger partial charge in [0, 0.05) is 5.92 Å². The maximum absolute atomic E-state index is 10.8. The Kier molecular flexibility index (Phi) is 3.13. The van der Waals surface area contributed by atoms with E-state index in [-0.39, 0.29) is 0 Å². The molecule has 0 aliphatic rings. The van der Waals surface area contributed by atoms with Crippen molar-refractivity contribution >= 4 is 27.5 Å². The van der Waals surface area contributed by atoms with Gasteiger partial charge in [0.25, 0.3) is 0 Å². The van der Waals surface area contributed by atoms with Crippen LogP contribution in [0.3, 0.4) is 0 Å². The highest BCUT2D eigenvalue weighted by Gasteiger charge is 2.15. The summed E-state index contributed by atoms with van der Waals surface area (Å²) in [6.07, 6.45) is 0. The van der Waals surface area contributed by atoms with E-state index in [1.807, 2.05) is 6.07 Å². The lowest BCUT2D eigenvalue weighted by Crippen LogP contribution is -2.20. The third kappa shape index (κ3) is 2.30. The van der Waals surface area contributed by atoms with Crippen LogP contribution in [0.25, 0.3) is 10.2 Å². The van der Waals surface area contributed by atoms with E-state index in [4.69, 9.17) is 10.8 Å². The van der Waals surface area contributed by atoms with Crippen LogP contribution in [-0.2, 0) is 4.79 Å². The highest BCUT2D eigenvalue weighted by atomic mass is 32.1. The molecule has 0 spiro atoms. The van der Waals surface area contributed by atoms with Crippen LogP contribution in [0.2, 0.25) is 0 Å². The Bertz CT molecular complexity index is 563. The molecule has 1 atom stereocenters. The molecule has 4 nitrogen and oxygen atoms in total. The van der Waals surface area contributed by atoms with Crippen LogP contribution >= 0.6 is 11.3 Å². The van der Waals surface area contributed by atoms with E-state index < -0.39 is 12.0 Å². The van der Waals surface area contributed by atoms with Crippen molar-refractivity contribution in [1.29, 1.82) is 0 Å². The van der Waals surface area contributed by atoms with E-state index in [0.29, 0.717) is 11.5 Å². The number of carboxylic acids is 1. The van der Waals surface area contributed by atoms with Gasteiger partial charge in [-0.05, 0) is 17.7 Å². The van der Waals surface area contributed by atoms with E-state index >= 15 is 0 Å². The average Bonchev–Trinajstić information content (AvgIpc) is 2.70. The van der Waals surface area contributed by atoms with Gasteiger partial charge in [-0.2, -0.15) is 0 Å². The first-order valence-corrected chi connectivity index (χ1v) is 6.19. The summed E-state index contributed by atoms with van der Waals surface area (Å²) < 4.78 is 1.06. The number of rotatable bonds is 3. The summed E-state index contributed by atoms with van der Waals surface area (Å²) in [5.74, 6) is -0.646. The van der Waals surface area contributed by atoms with Crippen molar-refractivity contribution in [2.45, 2.75) is 25.8 Å². The van der Waals surface area contributed by atoms with Gasteiger partial charge in [0.15, 0.2) is 0 Å². The first-order valence-electron chi connectivity index (χ1n) is 5.38. The van der Waals surface area contributed by atoms with Crippen molar-refractivity contribution in [2.24, 2.45) is 5.73 Å². The molecule has 1 aromatic carbocycles. The van der Waals surface area contributed by atoms with E-state index in [2.05, 4.69) is 18.8 Å². The van der Waals surface area contributed by atoms with Crippen molar-refractivity contribution in [1.82, 2.24) is 4.98 Å². The third-order valence-corrected chi connectivity index (χ3v) is 3.88. The highest BCUT2D eigenvalue weighted by Crippen LogP contribution is 2.28. The third-order valence-electron chi connectivity index (χ3n) is 2.55. The molecule has 0 saturated carbocycles. The van der Waals surface area contributed by atoms with Gasteiger partial charge in [-0.1, -0.05) is 19.9 Å². The zero-order valence-corrected chi connectivity index (χ0v) is 10.5. The van der Waals surface area contributed by atoms with Gasteiger partial charge in [-0.3, -0.25) is 4.79 Å². The molecule has 0 fully saturated rings. The maximum atomic E-state index is 10.8. The van der Waals surface area contributed by atoms with Crippen LogP contribution in [0.1, 0.15) is 36.4 Å². The summed E-state index contributed by atoms with van der Waals surface area (Å²) >= 11 is 1.63. The Morgan fingerprint density at radius 2 is 2.18 bits per heavy atom. The fraction of sp³-hybridized carbons (Fsp3) is 0.333. The van der Waals surface area contributed by atoms with Crippen LogP contribution in [0.15, 0.2) is 18.2 Å². The molecule has 0 bridgehead atoms. The number of benzene rings is 1. The standard InChI is InChI=1S/C12H14N2O2S/c1-6(2)11-14-8-5-7(10(13)12(15)16)3-4-9(8)17-11/h3-6,10H,13H2,1-2H3,(H,15,16). The normalized spacial score (nSPS) is 13.2. The second-order valence-electron chi connectivity index (χ2n) is 4.25.